The van der Waals surface area contributed by atoms with Crippen LogP contribution in [0.3, 0.4) is 0 Å². The smallest absolute Gasteiger partial charge is 0.151 e. The Hall–Kier alpha value is -1.38. The highest BCUT2D eigenvalue weighted by atomic mass is 19.1. The van der Waals surface area contributed by atoms with E-state index in [1.165, 1.54) is 11.8 Å². The van der Waals surface area contributed by atoms with Gasteiger partial charge in [-0.1, -0.05) is 12.1 Å². The Balaban J connectivity index is 2.44. The molecule has 66 valence electrons. The average Bonchev–Trinajstić information content (AvgIpc) is 2.65. The normalized spacial score (nSPS) is 15.2. The van der Waals surface area contributed by atoms with Gasteiger partial charge >= 0.3 is 0 Å². The largest absolute Gasteiger partial charge is 0.268 e. The van der Waals surface area contributed by atoms with E-state index in [9.17, 15) is 4.39 Å². The Morgan fingerprint density at radius 1 is 1.38 bits per heavy atom. The van der Waals surface area contributed by atoms with Crippen LogP contribution >= 0.6 is 0 Å². The Morgan fingerprint density at radius 2 is 2.31 bits per heavy atom. The van der Waals surface area contributed by atoms with Crippen LogP contribution in [0.15, 0.2) is 18.2 Å². The second-order valence-electron chi connectivity index (χ2n) is 3.41. The molecule has 0 radical (unpaired) electrons. The fourth-order valence-electron chi connectivity index (χ4n) is 2.01. The van der Waals surface area contributed by atoms with Gasteiger partial charge in [-0.15, -0.1) is 0 Å². The molecule has 0 unspecified atom stereocenters. The predicted octanol–water partition coefficient (Wildman–Crippen LogP) is 2.12. The van der Waals surface area contributed by atoms with E-state index >= 15 is 0 Å². The van der Waals surface area contributed by atoms with Crippen molar-refractivity contribution in [1.82, 2.24) is 9.78 Å². The summed E-state index contributed by atoms with van der Waals surface area (Å²) in [5.41, 5.74) is 1.71. The second kappa shape index (κ2) is 2.31. The van der Waals surface area contributed by atoms with Crippen LogP contribution in [0.4, 0.5) is 4.39 Å². The number of nitrogens with zero attached hydrogens (tertiary/aromatic N) is 2. The van der Waals surface area contributed by atoms with Gasteiger partial charge in [0.15, 0.2) is 5.82 Å². The van der Waals surface area contributed by atoms with Gasteiger partial charge < -0.3 is 0 Å². The van der Waals surface area contributed by atoms with Crippen molar-refractivity contribution in [3.05, 3.63) is 29.7 Å². The third-order valence-corrected chi connectivity index (χ3v) is 2.61. The zero-order valence-corrected chi connectivity index (χ0v) is 7.13. The molecule has 1 aromatic carbocycles. The van der Waals surface area contributed by atoms with Crippen LogP contribution in [0.25, 0.3) is 10.9 Å². The van der Waals surface area contributed by atoms with E-state index in [0.717, 1.165) is 24.8 Å². The molecule has 2 nitrogen and oxygen atoms in total. The number of fused-ring (bicyclic) bond motifs is 3. The van der Waals surface area contributed by atoms with Crippen molar-refractivity contribution < 1.29 is 4.39 Å². The highest BCUT2D eigenvalue weighted by Crippen LogP contribution is 2.25. The molecule has 1 aliphatic rings. The first-order valence-electron chi connectivity index (χ1n) is 4.50. The zero-order chi connectivity index (χ0) is 8.84. The molecule has 0 bridgehead atoms. The Morgan fingerprint density at radius 3 is 3.23 bits per heavy atom. The maximum atomic E-state index is 13.3. The summed E-state index contributed by atoms with van der Waals surface area (Å²) in [6.07, 6.45) is 2.16. The molecular weight excluding hydrogens is 167 g/mol. The van der Waals surface area contributed by atoms with Gasteiger partial charge in [0.25, 0.3) is 0 Å². The Kier molecular flexibility index (Phi) is 1.26. The molecule has 0 atom stereocenters. The van der Waals surface area contributed by atoms with Crippen molar-refractivity contribution in [1.29, 1.82) is 0 Å². The third kappa shape index (κ3) is 0.842. The number of halogens is 1. The molecule has 3 heteroatoms. The van der Waals surface area contributed by atoms with Crippen molar-refractivity contribution in [2.24, 2.45) is 0 Å². The highest BCUT2D eigenvalue weighted by molar-refractivity contribution is 5.82. The minimum atomic E-state index is -0.209. The molecule has 2 aromatic rings. The lowest BCUT2D eigenvalue weighted by Crippen LogP contribution is -1.93. The molecule has 0 N–H and O–H groups in total. The Labute approximate surface area is 75.0 Å². The number of aryl methyl sites for hydroxylation is 2. The summed E-state index contributed by atoms with van der Waals surface area (Å²) in [4.78, 5) is 0. The SMILES string of the molecule is Fc1cccc2c3n(nc12)CCC3. The van der Waals surface area contributed by atoms with Crippen LogP contribution in [-0.4, -0.2) is 9.78 Å². The molecule has 1 aliphatic heterocycles. The van der Waals surface area contributed by atoms with Crippen molar-refractivity contribution in [2.45, 2.75) is 19.4 Å². The number of aromatic nitrogens is 2. The summed E-state index contributed by atoms with van der Waals surface area (Å²) in [5.74, 6) is -0.209. The fourth-order valence-corrected chi connectivity index (χ4v) is 2.01. The minimum absolute atomic E-state index is 0.209. The van der Waals surface area contributed by atoms with Gasteiger partial charge in [0.2, 0.25) is 0 Å². The van der Waals surface area contributed by atoms with E-state index in [0.29, 0.717) is 5.52 Å². The molecule has 3 rings (SSSR count). The molecule has 2 heterocycles. The summed E-state index contributed by atoms with van der Waals surface area (Å²) in [5, 5.41) is 5.22. The lowest BCUT2D eigenvalue weighted by atomic mass is 10.1. The van der Waals surface area contributed by atoms with E-state index in [2.05, 4.69) is 5.10 Å². The summed E-state index contributed by atoms with van der Waals surface area (Å²) in [6, 6.07) is 5.16. The second-order valence-corrected chi connectivity index (χ2v) is 3.41. The van der Waals surface area contributed by atoms with E-state index in [-0.39, 0.29) is 5.82 Å². The average molecular weight is 176 g/mol. The lowest BCUT2D eigenvalue weighted by molar-refractivity contribution is 0.622. The molecule has 0 saturated heterocycles. The van der Waals surface area contributed by atoms with E-state index < -0.39 is 0 Å². The number of benzene rings is 1. The molecule has 0 fully saturated rings. The quantitative estimate of drug-likeness (QED) is 0.601. The molecule has 13 heavy (non-hydrogen) atoms. The van der Waals surface area contributed by atoms with Crippen molar-refractivity contribution >= 4 is 10.9 Å². The molecular formula is C10H9FN2. The first-order chi connectivity index (χ1) is 6.36. The van der Waals surface area contributed by atoms with E-state index in [1.54, 1.807) is 6.07 Å². The van der Waals surface area contributed by atoms with Crippen molar-refractivity contribution in [2.75, 3.05) is 0 Å². The van der Waals surface area contributed by atoms with Crippen LogP contribution in [-0.2, 0) is 13.0 Å². The topological polar surface area (TPSA) is 17.8 Å². The van der Waals surface area contributed by atoms with Crippen LogP contribution in [0.1, 0.15) is 12.1 Å². The van der Waals surface area contributed by atoms with Crippen LogP contribution in [0.2, 0.25) is 0 Å². The molecule has 0 aliphatic carbocycles. The first-order valence-corrected chi connectivity index (χ1v) is 4.50. The summed E-state index contributed by atoms with van der Waals surface area (Å²) in [7, 11) is 0. The van der Waals surface area contributed by atoms with Gasteiger partial charge in [0.1, 0.15) is 5.52 Å². The van der Waals surface area contributed by atoms with Gasteiger partial charge in [-0.25, -0.2) is 4.39 Å². The van der Waals surface area contributed by atoms with Gasteiger partial charge in [-0.2, -0.15) is 5.10 Å². The van der Waals surface area contributed by atoms with Gasteiger partial charge in [-0.3, -0.25) is 4.68 Å². The van der Waals surface area contributed by atoms with Crippen LogP contribution in [0, 0.1) is 5.82 Å². The first kappa shape index (κ1) is 7.06. The molecule has 0 saturated carbocycles. The minimum Gasteiger partial charge on any atom is -0.268 e. The Bertz CT molecular complexity index is 473. The monoisotopic (exact) mass is 176 g/mol. The summed E-state index contributed by atoms with van der Waals surface area (Å²) < 4.78 is 15.2. The van der Waals surface area contributed by atoms with Gasteiger partial charge in [0, 0.05) is 17.6 Å². The van der Waals surface area contributed by atoms with Crippen molar-refractivity contribution in [3.8, 4) is 0 Å². The number of hydrogen-bond acceptors (Lipinski definition) is 1. The maximum Gasteiger partial charge on any atom is 0.151 e. The van der Waals surface area contributed by atoms with E-state index in [1.807, 2.05) is 10.7 Å². The summed E-state index contributed by atoms with van der Waals surface area (Å²) in [6.45, 7) is 0.934. The van der Waals surface area contributed by atoms with E-state index in [4.69, 9.17) is 0 Å². The van der Waals surface area contributed by atoms with Gasteiger partial charge in [0.05, 0.1) is 0 Å². The lowest BCUT2D eigenvalue weighted by Gasteiger charge is -1.91. The van der Waals surface area contributed by atoms with Crippen LogP contribution < -0.4 is 0 Å². The number of rotatable bonds is 0. The van der Waals surface area contributed by atoms with Crippen LogP contribution in [0.5, 0.6) is 0 Å². The standard InChI is InChI=1S/C10H9FN2/c11-8-4-1-3-7-9-5-2-6-13(9)12-10(7)8/h1,3-4H,2,5-6H2. The predicted molar refractivity (Wildman–Crippen MR) is 48.0 cm³/mol. The zero-order valence-electron chi connectivity index (χ0n) is 7.13. The highest BCUT2D eigenvalue weighted by Gasteiger charge is 2.17. The molecule has 0 amide bonds. The third-order valence-electron chi connectivity index (χ3n) is 2.61. The van der Waals surface area contributed by atoms with Crippen molar-refractivity contribution in [3.63, 3.8) is 0 Å². The van der Waals surface area contributed by atoms with Gasteiger partial charge in [-0.05, 0) is 18.9 Å². The number of hydrogen-bond donors (Lipinski definition) is 0. The molecule has 0 spiro atoms. The molecule has 1 aromatic heterocycles. The summed E-state index contributed by atoms with van der Waals surface area (Å²) >= 11 is 0. The maximum absolute atomic E-state index is 13.3. The fraction of sp³-hybridized carbons (Fsp3) is 0.300.